The Hall–Kier alpha value is -2.71. The van der Waals surface area contributed by atoms with Crippen LogP contribution >= 0.6 is 0 Å². The SMILES string of the molecule is Cc1ccc(S(=O)(=O)N2CCCCC2CCNC(=O)c2c(C)nc3ccccn23)cc1. The fourth-order valence-electron chi connectivity index (χ4n) is 4.25. The van der Waals surface area contributed by atoms with Gasteiger partial charge in [-0.25, -0.2) is 13.4 Å². The summed E-state index contributed by atoms with van der Waals surface area (Å²) >= 11 is 0. The van der Waals surface area contributed by atoms with Gasteiger partial charge in [-0.15, -0.1) is 0 Å². The van der Waals surface area contributed by atoms with Crippen LogP contribution in [0.5, 0.6) is 0 Å². The smallest absolute Gasteiger partial charge is 0.270 e. The maximum atomic E-state index is 13.2. The summed E-state index contributed by atoms with van der Waals surface area (Å²) in [6.07, 6.45) is 5.04. The molecule has 1 atom stereocenters. The van der Waals surface area contributed by atoms with Crippen molar-refractivity contribution in [3.8, 4) is 0 Å². The number of carbonyl (C=O) groups is 1. The Morgan fingerprint density at radius 3 is 2.68 bits per heavy atom. The van der Waals surface area contributed by atoms with E-state index >= 15 is 0 Å². The molecule has 1 unspecified atom stereocenters. The van der Waals surface area contributed by atoms with Gasteiger partial charge in [0.1, 0.15) is 11.3 Å². The van der Waals surface area contributed by atoms with Crippen LogP contribution in [0, 0.1) is 13.8 Å². The number of rotatable bonds is 6. The van der Waals surface area contributed by atoms with Crippen LogP contribution < -0.4 is 5.32 Å². The van der Waals surface area contributed by atoms with Crippen LogP contribution in [0.25, 0.3) is 5.65 Å². The van der Waals surface area contributed by atoms with Gasteiger partial charge in [0.05, 0.1) is 10.6 Å². The molecule has 3 heterocycles. The highest BCUT2D eigenvalue weighted by Gasteiger charge is 2.33. The number of amides is 1. The first-order valence-corrected chi connectivity index (χ1v) is 12.1. The number of sulfonamides is 1. The molecule has 0 saturated carbocycles. The van der Waals surface area contributed by atoms with Gasteiger partial charge in [-0.3, -0.25) is 9.20 Å². The van der Waals surface area contributed by atoms with E-state index in [2.05, 4.69) is 10.3 Å². The van der Waals surface area contributed by atoms with Crippen molar-refractivity contribution < 1.29 is 13.2 Å². The third-order valence-corrected chi connectivity index (χ3v) is 7.85. The van der Waals surface area contributed by atoms with Gasteiger partial charge in [0.15, 0.2) is 0 Å². The quantitative estimate of drug-likeness (QED) is 0.637. The molecule has 1 saturated heterocycles. The Morgan fingerprint density at radius 1 is 1.13 bits per heavy atom. The predicted molar refractivity (Wildman–Crippen MR) is 120 cm³/mol. The second-order valence-electron chi connectivity index (χ2n) is 8.10. The molecule has 164 valence electrons. The Kier molecular flexibility index (Phi) is 6.11. The summed E-state index contributed by atoms with van der Waals surface area (Å²) in [5, 5.41) is 2.96. The van der Waals surface area contributed by atoms with Gasteiger partial charge in [-0.1, -0.05) is 30.2 Å². The van der Waals surface area contributed by atoms with Gasteiger partial charge >= 0.3 is 0 Å². The van der Waals surface area contributed by atoms with E-state index in [0.717, 1.165) is 30.5 Å². The molecule has 8 heteroatoms. The molecule has 1 N–H and O–H groups in total. The minimum Gasteiger partial charge on any atom is -0.351 e. The van der Waals surface area contributed by atoms with Crippen molar-refractivity contribution in [2.24, 2.45) is 0 Å². The van der Waals surface area contributed by atoms with Crippen LogP contribution in [-0.2, 0) is 10.0 Å². The number of aromatic nitrogens is 2. The van der Waals surface area contributed by atoms with Crippen LogP contribution in [0.2, 0.25) is 0 Å². The van der Waals surface area contributed by atoms with Crippen LogP contribution in [0.4, 0.5) is 0 Å². The molecule has 4 rings (SSSR count). The molecule has 1 amide bonds. The zero-order valence-electron chi connectivity index (χ0n) is 17.9. The van der Waals surface area contributed by atoms with Gasteiger partial charge < -0.3 is 5.32 Å². The summed E-state index contributed by atoms with van der Waals surface area (Å²) in [4.78, 5) is 17.6. The van der Waals surface area contributed by atoms with Crippen molar-refractivity contribution in [1.82, 2.24) is 19.0 Å². The highest BCUT2D eigenvalue weighted by Crippen LogP contribution is 2.27. The summed E-state index contributed by atoms with van der Waals surface area (Å²) in [7, 11) is -3.55. The van der Waals surface area contributed by atoms with E-state index in [1.165, 1.54) is 0 Å². The monoisotopic (exact) mass is 440 g/mol. The molecule has 0 aliphatic carbocycles. The van der Waals surface area contributed by atoms with Crippen molar-refractivity contribution in [1.29, 1.82) is 0 Å². The normalized spacial score (nSPS) is 17.7. The van der Waals surface area contributed by atoms with Crippen molar-refractivity contribution >= 4 is 21.6 Å². The van der Waals surface area contributed by atoms with Crippen molar-refractivity contribution in [2.45, 2.75) is 50.5 Å². The van der Waals surface area contributed by atoms with E-state index in [4.69, 9.17) is 0 Å². The number of nitrogens with one attached hydrogen (secondary N) is 1. The first kappa shape index (κ1) is 21.5. The number of aryl methyl sites for hydroxylation is 2. The number of hydrogen-bond donors (Lipinski definition) is 1. The molecule has 3 aromatic rings. The Morgan fingerprint density at radius 2 is 1.90 bits per heavy atom. The van der Waals surface area contributed by atoms with Crippen LogP contribution in [0.15, 0.2) is 53.6 Å². The number of imidazole rings is 1. The van der Waals surface area contributed by atoms with Gasteiger partial charge in [0, 0.05) is 25.3 Å². The first-order valence-electron chi connectivity index (χ1n) is 10.7. The van der Waals surface area contributed by atoms with Gasteiger partial charge in [-0.05, 0) is 57.4 Å². The van der Waals surface area contributed by atoms with Gasteiger partial charge in [0.2, 0.25) is 10.0 Å². The Balaban J connectivity index is 1.45. The molecule has 0 spiro atoms. The van der Waals surface area contributed by atoms with E-state index in [-0.39, 0.29) is 11.9 Å². The van der Waals surface area contributed by atoms with Crippen molar-refractivity contribution in [2.75, 3.05) is 13.1 Å². The molecule has 1 aromatic carbocycles. The average Bonchev–Trinajstić information content (AvgIpc) is 3.10. The lowest BCUT2D eigenvalue weighted by Gasteiger charge is -2.34. The molecule has 1 aliphatic rings. The lowest BCUT2D eigenvalue weighted by atomic mass is 10.0. The highest BCUT2D eigenvalue weighted by molar-refractivity contribution is 7.89. The predicted octanol–water partition coefficient (Wildman–Crippen LogP) is 3.31. The molecular formula is C23H28N4O3S. The lowest BCUT2D eigenvalue weighted by molar-refractivity contribution is 0.0943. The van der Waals surface area contributed by atoms with E-state index < -0.39 is 10.0 Å². The third-order valence-electron chi connectivity index (χ3n) is 5.88. The number of pyridine rings is 1. The second kappa shape index (κ2) is 8.80. The molecule has 1 aliphatic heterocycles. The summed E-state index contributed by atoms with van der Waals surface area (Å²) in [6, 6.07) is 12.5. The molecule has 2 aromatic heterocycles. The van der Waals surface area contributed by atoms with Crippen molar-refractivity contribution in [3.63, 3.8) is 0 Å². The van der Waals surface area contributed by atoms with E-state index in [1.807, 2.05) is 50.4 Å². The molecule has 31 heavy (non-hydrogen) atoms. The number of benzene rings is 1. The maximum absolute atomic E-state index is 13.2. The number of nitrogens with zero attached hydrogens (tertiary/aromatic N) is 3. The number of piperidine rings is 1. The summed E-state index contributed by atoms with van der Waals surface area (Å²) < 4.78 is 29.8. The fraction of sp³-hybridized carbons (Fsp3) is 0.391. The van der Waals surface area contributed by atoms with E-state index in [9.17, 15) is 13.2 Å². The largest absolute Gasteiger partial charge is 0.351 e. The van der Waals surface area contributed by atoms with Crippen LogP contribution in [0.3, 0.4) is 0 Å². The molecule has 0 bridgehead atoms. The average molecular weight is 441 g/mol. The number of fused-ring (bicyclic) bond motifs is 1. The van der Waals surface area contributed by atoms with E-state index in [0.29, 0.717) is 35.8 Å². The fourth-order valence-corrected chi connectivity index (χ4v) is 5.97. The number of hydrogen-bond acceptors (Lipinski definition) is 4. The van der Waals surface area contributed by atoms with Crippen LogP contribution in [-0.4, -0.2) is 47.1 Å². The minimum atomic E-state index is -3.55. The number of carbonyl (C=O) groups excluding carboxylic acids is 1. The second-order valence-corrected chi connectivity index (χ2v) is 9.99. The summed E-state index contributed by atoms with van der Waals surface area (Å²) in [5.41, 5.74) is 2.95. The molecule has 0 radical (unpaired) electrons. The molecule has 1 fully saturated rings. The Labute approximate surface area is 183 Å². The van der Waals surface area contributed by atoms with Gasteiger partial charge in [-0.2, -0.15) is 4.31 Å². The molecule has 7 nitrogen and oxygen atoms in total. The van der Waals surface area contributed by atoms with E-state index in [1.54, 1.807) is 20.8 Å². The summed E-state index contributed by atoms with van der Waals surface area (Å²) in [6.45, 7) is 4.68. The zero-order chi connectivity index (χ0) is 22.0. The zero-order valence-corrected chi connectivity index (χ0v) is 18.7. The summed E-state index contributed by atoms with van der Waals surface area (Å²) in [5.74, 6) is -0.194. The van der Waals surface area contributed by atoms with Crippen LogP contribution in [0.1, 0.15) is 47.4 Å². The lowest BCUT2D eigenvalue weighted by Crippen LogP contribution is -2.45. The standard InChI is InChI=1S/C23H28N4O3S/c1-17-9-11-20(12-10-17)31(29,30)27-16-6-3-7-19(27)13-14-24-23(28)22-18(2)25-21-8-4-5-15-26(21)22/h4-5,8-12,15,19H,3,6-7,13-14,16H2,1-2H3,(H,24,28). The molecular weight excluding hydrogens is 412 g/mol. The van der Waals surface area contributed by atoms with Gasteiger partial charge in [0.25, 0.3) is 5.91 Å². The van der Waals surface area contributed by atoms with Crippen molar-refractivity contribution in [3.05, 3.63) is 65.6 Å². The first-order chi connectivity index (χ1) is 14.9. The topological polar surface area (TPSA) is 83.8 Å². The third kappa shape index (κ3) is 4.36. The minimum absolute atomic E-state index is 0.122. The maximum Gasteiger partial charge on any atom is 0.270 e. The highest BCUT2D eigenvalue weighted by atomic mass is 32.2. The Bertz CT molecular complexity index is 1190.